The molecule has 0 bridgehead atoms. The van der Waals surface area contributed by atoms with Gasteiger partial charge in [-0.15, -0.1) is 0 Å². The summed E-state index contributed by atoms with van der Waals surface area (Å²) in [5, 5.41) is 8.89. The van der Waals surface area contributed by atoms with Crippen LogP contribution in [0.3, 0.4) is 0 Å². The van der Waals surface area contributed by atoms with E-state index in [0.29, 0.717) is 12.5 Å². The van der Waals surface area contributed by atoms with Crippen LogP contribution in [0.2, 0.25) is 0 Å². The van der Waals surface area contributed by atoms with E-state index >= 15 is 0 Å². The molecule has 3 fully saturated rings. The lowest BCUT2D eigenvalue weighted by atomic mass is 10.1. The maximum atomic E-state index is 12.2. The van der Waals surface area contributed by atoms with Crippen molar-refractivity contribution in [1.29, 1.82) is 0 Å². The smallest absolute Gasteiger partial charge is 0.307 e. The third-order valence-corrected chi connectivity index (χ3v) is 4.81. The Hall–Kier alpha value is -1.10. The third-order valence-electron chi connectivity index (χ3n) is 4.81. The number of aliphatic carboxylic acids is 1. The van der Waals surface area contributed by atoms with Gasteiger partial charge in [-0.2, -0.15) is 0 Å². The molecule has 5 heteroatoms. The monoisotopic (exact) mass is 266 g/mol. The van der Waals surface area contributed by atoms with Gasteiger partial charge in [0.05, 0.1) is 11.8 Å². The maximum absolute atomic E-state index is 12.2. The Labute approximate surface area is 113 Å². The standard InChI is InChI=1S/C14H22N2O3/c17-13(11-8-12(11)14(18)19)16-7-4-10(9-16)15-5-2-1-3-6-15/h10-12H,1-9H2,(H,18,19)/t10?,11-,12+/m1/s1. The highest BCUT2D eigenvalue weighted by Gasteiger charge is 2.50. The fraction of sp³-hybridized carbons (Fsp3) is 0.857. The van der Waals surface area contributed by atoms with Gasteiger partial charge in [-0.3, -0.25) is 14.5 Å². The van der Waals surface area contributed by atoms with E-state index in [-0.39, 0.29) is 11.8 Å². The molecule has 5 nitrogen and oxygen atoms in total. The molecule has 0 radical (unpaired) electrons. The van der Waals surface area contributed by atoms with Crippen molar-refractivity contribution in [2.75, 3.05) is 26.2 Å². The molecule has 106 valence electrons. The number of hydrogen-bond donors (Lipinski definition) is 1. The molecule has 0 spiro atoms. The molecule has 0 aromatic rings. The second-order valence-corrected chi connectivity index (χ2v) is 6.11. The zero-order valence-electron chi connectivity index (χ0n) is 11.3. The number of likely N-dealkylation sites (tertiary alicyclic amines) is 2. The van der Waals surface area contributed by atoms with Crippen LogP contribution in [0.4, 0.5) is 0 Å². The van der Waals surface area contributed by atoms with Gasteiger partial charge in [0, 0.05) is 19.1 Å². The molecule has 19 heavy (non-hydrogen) atoms. The summed E-state index contributed by atoms with van der Waals surface area (Å²) in [6.45, 7) is 3.94. The van der Waals surface area contributed by atoms with Crippen LogP contribution in [0.25, 0.3) is 0 Å². The summed E-state index contributed by atoms with van der Waals surface area (Å²) in [4.78, 5) is 27.4. The first-order valence-corrected chi connectivity index (χ1v) is 7.42. The van der Waals surface area contributed by atoms with Crippen molar-refractivity contribution in [3.8, 4) is 0 Å². The number of carbonyl (C=O) groups is 2. The fourth-order valence-corrected chi connectivity index (χ4v) is 3.50. The first-order chi connectivity index (χ1) is 9.16. The first kappa shape index (κ1) is 12.9. The van der Waals surface area contributed by atoms with Gasteiger partial charge in [-0.25, -0.2) is 0 Å². The van der Waals surface area contributed by atoms with Gasteiger partial charge in [0.1, 0.15) is 0 Å². The molecule has 0 aromatic heterocycles. The molecule has 2 heterocycles. The van der Waals surface area contributed by atoms with Crippen molar-refractivity contribution in [3.63, 3.8) is 0 Å². The van der Waals surface area contributed by atoms with Crippen LogP contribution in [0.5, 0.6) is 0 Å². The van der Waals surface area contributed by atoms with Crippen LogP contribution in [0.15, 0.2) is 0 Å². The topological polar surface area (TPSA) is 60.9 Å². The number of piperidine rings is 1. The summed E-state index contributed by atoms with van der Waals surface area (Å²) in [7, 11) is 0. The lowest BCUT2D eigenvalue weighted by Gasteiger charge is -2.32. The molecule has 0 aromatic carbocycles. The Morgan fingerprint density at radius 3 is 2.37 bits per heavy atom. The van der Waals surface area contributed by atoms with E-state index in [1.807, 2.05) is 4.90 Å². The number of carbonyl (C=O) groups excluding carboxylic acids is 1. The van der Waals surface area contributed by atoms with Crippen LogP contribution in [-0.2, 0) is 9.59 Å². The average Bonchev–Trinajstić information content (AvgIpc) is 3.08. The molecule has 2 saturated heterocycles. The van der Waals surface area contributed by atoms with Gasteiger partial charge >= 0.3 is 5.97 Å². The van der Waals surface area contributed by atoms with Gasteiger partial charge < -0.3 is 10.0 Å². The average molecular weight is 266 g/mol. The highest BCUT2D eigenvalue weighted by Crippen LogP contribution is 2.40. The number of rotatable bonds is 3. The van der Waals surface area contributed by atoms with Gasteiger partial charge in [0.15, 0.2) is 0 Å². The lowest BCUT2D eigenvalue weighted by molar-refractivity contribution is -0.141. The number of carboxylic acid groups (broad SMARTS) is 1. The Bertz CT molecular complexity index is 379. The lowest BCUT2D eigenvalue weighted by Crippen LogP contribution is -2.42. The molecule has 1 saturated carbocycles. The van der Waals surface area contributed by atoms with Gasteiger partial charge in [0.25, 0.3) is 0 Å². The van der Waals surface area contributed by atoms with Crippen molar-refractivity contribution in [1.82, 2.24) is 9.80 Å². The van der Waals surface area contributed by atoms with Crippen molar-refractivity contribution >= 4 is 11.9 Å². The molecule has 1 aliphatic carbocycles. The van der Waals surface area contributed by atoms with E-state index in [1.165, 1.54) is 19.3 Å². The number of carboxylic acids is 1. The predicted octanol–water partition coefficient (Wildman–Crippen LogP) is 0.794. The normalized spacial score (nSPS) is 35.4. The minimum absolute atomic E-state index is 0.0758. The van der Waals surface area contributed by atoms with Crippen molar-refractivity contribution < 1.29 is 14.7 Å². The Balaban J connectivity index is 1.51. The van der Waals surface area contributed by atoms with Crippen LogP contribution in [-0.4, -0.2) is 59.0 Å². The van der Waals surface area contributed by atoms with E-state index in [0.717, 1.165) is 32.6 Å². The molecular formula is C14H22N2O3. The summed E-state index contributed by atoms with van der Waals surface area (Å²) < 4.78 is 0. The van der Waals surface area contributed by atoms with E-state index in [2.05, 4.69) is 4.90 Å². The molecule has 3 aliphatic rings. The van der Waals surface area contributed by atoms with Crippen LogP contribution < -0.4 is 0 Å². The summed E-state index contributed by atoms with van der Waals surface area (Å²) in [6.07, 6.45) is 5.46. The molecule has 3 atom stereocenters. The number of hydrogen-bond acceptors (Lipinski definition) is 3. The zero-order chi connectivity index (χ0) is 13.4. The minimum atomic E-state index is -0.815. The van der Waals surface area contributed by atoms with E-state index in [4.69, 9.17) is 5.11 Å². The van der Waals surface area contributed by atoms with E-state index in [1.54, 1.807) is 0 Å². The summed E-state index contributed by atoms with van der Waals surface area (Å²) in [5.41, 5.74) is 0. The first-order valence-electron chi connectivity index (χ1n) is 7.42. The molecule has 1 amide bonds. The van der Waals surface area contributed by atoms with E-state index in [9.17, 15) is 9.59 Å². The maximum Gasteiger partial charge on any atom is 0.307 e. The summed E-state index contributed by atoms with van der Waals surface area (Å²) in [5.74, 6) is -1.39. The van der Waals surface area contributed by atoms with Crippen molar-refractivity contribution in [2.45, 2.75) is 38.1 Å². The largest absolute Gasteiger partial charge is 0.481 e. The van der Waals surface area contributed by atoms with Crippen LogP contribution in [0.1, 0.15) is 32.1 Å². The zero-order valence-corrected chi connectivity index (χ0v) is 11.3. The Kier molecular flexibility index (Phi) is 3.48. The summed E-state index contributed by atoms with van der Waals surface area (Å²) in [6, 6.07) is 0.506. The fourth-order valence-electron chi connectivity index (χ4n) is 3.50. The second kappa shape index (κ2) is 5.12. The molecule has 3 rings (SSSR count). The van der Waals surface area contributed by atoms with Gasteiger partial charge in [0.2, 0.25) is 5.91 Å². The summed E-state index contributed by atoms with van der Waals surface area (Å²) >= 11 is 0. The minimum Gasteiger partial charge on any atom is -0.481 e. The molecule has 1 N–H and O–H groups in total. The van der Waals surface area contributed by atoms with Crippen LogP contribution >= 0.6 is 0 Å². The Morgan fingerprint density at radius 2 is 1.74 bits per heavy atom. The molecular weight excluding hydrogens is 244 g/mol. The van der Waals surface area contributed by atoms with Gasteiger partial charge in [-0.05, 0) is 38.8 Å². The van der Waals surface area contributed by atoms with Crippen LogP contribution in [0, 0.1) is 11.8 Å². The van der Waals surface area contributed by atoms with E-state index < -0.39 is 11.9 Å². The second-order valence-electron chi connectivity index (χ2n) is 6.11. The highest BCUT2D eigenvalue weighted by molar-refractivity contribution is 5.89. The quantitative estimate of drug-likeness (QED) is 0.820. The predicted molar refractivity (Wildman–Crippen MR) is 69.6 cm³/mol. The highest BCUT2D eigenvalue weighted by atomic mass is 16.4. The molecule has 2 aliphatic heterocycles. The number of amides is 1. The third kappa shape index (κ3) is 2.61. The Morgan fingerprint density at radius 1 is 1.00 bits per heavy atom. The van der Waals surface area contributed by atoms with Crippen molar-refractivity contribution in [2.24, 2.45) is 11.8 Å². The molecule has 1 unspecified atom stereocenters. The van der Waals surface area contributed by atoms with Crippen molar-refractivity contribution in [3.05, 3.63) is 0 Å². The SMILES string of the molecule is O=C(O)[C@H]1C[C@H]1C(=O)N1CCC(N2CCCCC2)C1. The van der Waals surface area contributed by atoms with Gasteiger partial charge in [-0.1, -0.05) is 6.42 Å². The number of nitrogens with zero attached hydrogens (tertiary/aromatic N) is 2.